The summed E-state index contributed by atoms with van der Waals surface area (Å²) in [5, 5.41) is 5.64. The number of nitrogens with zero attached hydrogens (tertiary/aromatic N) is 3. The Morgan fingerprint density at radius 3 is 2.63 bits per heavy atom. The summed E-state index contributed by atoms with van der Waals surface area (Å²) in [5.41, 5.74) is 4.19. The van der Waals surface area contributed by atoms with Crippen molar-refractivity contribution < 1.29 is 14.3 Å². The normalized spacial score (nSPS) is 26.6. The molecular formula is C28H38ClN3O3. The molecule has 2 fully saturated rings. The fraction of sp³-hybridized carbons (Fsp3) is 0.643. The number of amides is 1. The highest BCUT2D eigenvalue weighted by Crippen LogP contribution is 2.33. The van der Waals surface area contributed by atoms with E-state index in [-0.39, 0.29) is 24.2 Å². The molecule has 2 aromatic rings. The Balaban J connectivity index is 1.17. The molecule has 0 radical (unpaired) electrons. The Kier molecular flexibility index (Phi) is 7.40. The van der Waals surface area contributed by atoms with Gasteiger partial charge in [0.2, 0.25) is 0 Å². The van der Waals surface area contributed by atoms with Crippen LogP contribution in [-0.2, 0) is 24.1 Å². The van der Waals surface area contributed by atoms with E-state index in [1.54, 1.807) is 0 Å². The lowest BCUT2D eigenvalue weighted by atomic mass is 9.85. The van der Waals surface area contributed by atoms with Gasteiger partial charge in [-0.1, -0.05) is 17.7 Å². The van der Waals surface area contributed by atoms with Gasteiger partial charge in [0.05, 0.1) is 18.3 Å². The highest BCUT2D eigenvalue weighted by atomic mass is 35.5. The Hall–Kier alpha value is -2.05. The first-order valence-electron chi connectivity index (χ1n) is 13.3. The van der Waals surface area contributed by atoms with Gasteiger partial charge in [-0.2, -0.15) is 5.10 Å². The van der Waals surface area contributed by atoms with Crippen LogP contribution in [0.1, 0.15) is 79.7 Å². The molecule has 35 heavy (non-hydrogen) atoms. The fourth-order valence-electron chi connectivity index (χ4n) is 6.10. The van der Waals surface area contributed by atoms with E-state index in [4.69, 9.17) is 26.2 Å². The molecule has 1 amide bonds. The summed E-state index contributed by atoms with van der Waals surface area (Å²) in [6.45, 7) is 8.28. The van der Waals surface area contributed by atoms with Gasteiger partial charge in [-0.15, -0.1) is 0 Å². The molecule has 6 nitrogen and oxygen atoms in total. The molecule has 5 rings (SSSR count). The van der Waals surface area contributed by atoms with Crippen LogP contribution in [0.5, 0.6) is 5.75 Å². The predicted octanol–water partition coefficient (Wildman–Crippen LogP) is 5.61. The number of benzene rings is 1. The third-order valence-corrected chi connectivity index (χ3v) is 8.38. The maximum atomic E-state index is 13.4. The number of ether oxygens (including phenoxy) is 2. The van der Waals surface area contributed by atoms with Crippen molar-refractivity contribution in [2.45, 2.75) is 97.0 Å². The van der Waals surface area contributed by atoms with Crippen LogP contribution in [-0.4, -0.2) is 52.0 Å². The van der Waals surface area contributed by atoms with Crippen LogP contribution in [0.3, 0.4) is 0 Å². The van der Waals surface area contributed by atoms with Gasteiger partial charge >= 0.3 is 0 Å². The van der Waals surface area contributed by atoms with Crippen LogP contribution in [0.15, 0.2) is 18.2 Å². The highest BCUT2D eigenvalue weighted by Gasteiger charge is 2.33. The van der Waals surface area contributed by atoms with Gasteiger partial charge in [0.15, 0.2) is 5.69 Å². The molecule has 2 heterocycles. The van der Waals surface area contributed by atoms with Crippen molar-refractivity contribution in [1.82, 2.24) is 14.7 Å². The van der Waals surface area contributed by atoms with Crippen molar-refractivity contribution in [3.05, 3.63) is 45.7 Å². The quantitative estimate of drug-likeness (QED) is 0.518. The Morgan fingerprint density at radius 1 is 1.14 bits per heavy atom. The molecule has 3 aliphatic rings. The molecular weight excluding hydrogens is 462 g/mol. The first kappa shape index (κ1) is 24.6. The van der Waals surface area contributed by atoms with E-state index in [2.05, 4.69) is 4.68 Å². The lowest BCUT2D eigenvalue weighted by molar-refractivity contribution is -0.0587. The molecule has 1 saturated heterocycles. The number of morpholine rings is 1. The van der Waals surface area contributed by atoms with E-state index >= 15 is 0 Å². The maximum absolute atomic E-state index is 13.4. The van der Waals surface area contributed by atoms with Gasteiger partial charge in [0.1, 0.15) is 5.75 Å². The van der Waals surface area contributed by atoms with Crippen LogP contribution in [0, 0.1) is 12.8 Å². The van der Waals surface area contributed by atoms with Gasteiger partial charge in [-0.3, -0.25) is 9.48 Å². The number of aromatic nitrogens is 2. The number of rotatable bonds is 6. The Morgan fingerprint density at radius 2 is 1.89 bits per heavy atom. The number of hydrogen-bond acceptors (Lipinski definition) is 4. The van der Waals surface area contributed by atoms with E-state index in [1.807, 2.05) is 43.9 Å². The summed E-state index contributed by atoms with van der Waals surface area (Å²) >= 11 is 6.25. The topological polar surface area (TPSA) is 56.6 Å². The monoisotopic (exact) mass is 499 g/mol. The number of carbonyl (C=O) groups excluding carboxylic acids is 1. The van der Waals surface area contributed by atoms with Crippen molar-refractivity contribution in [2.75, 3.05) is 13.1 Å². The fourth-order valence-corrected chi connectivity index (χ4v) is 6.26. The highest BCUT2D eigenvalue weighted by molar-refractivity contribution is 6.31. The Labute approximate surface area is 213 Å². The molecule has 1 aromatic heterocycles. The summed E-state index contributed by atoms with van der Waals surface area (Å²) in [6.07, 6.45) is 9.12. The second kappa shape index (κ2) is 10.5. The third kappa shape index (κ3) is 5.39. The van der Waals surface area contributed by atoms with Crippen molar-refractivity contribution in [2.24, 2.45) is 5.92 Å². The summed E-state index contributed by atoms with van der Waals surface area (Å²) in [5.74, 6) is 1.67. The molecule has 7 heteroatoms. The minimum absolute atomic E-state index is 0.0692. The Bertz CT molecular complexity index is 1050. The molecule has 1 aliphatic heterocycles. The third-order valence-electron chi connectivity index (χ3n) is 7.97. The smallest absolute Gasteiger partial charge is 0.274 e. The average Bonchev–Trinajstić information content (AvgIpc) is 3.44. The summed E-state index contributed by atoms with van der Waals surface area (Å²) in [6, 6.07) is 5.88. The van der Waals surface area contributed by atoms with Crippen LogP contribution >= 0.6 is 11.6 Å². The predicted molar refractivity (Wildman–Crippen MR) is 137 cm³/mol. The second-order valence-electron chi connectivity index (χ2n) is 10.7. The number of aryl methyl sites for hydroxylation is 1. The largest absolute Gasteiger partial charge is 0.490 e. The van der Waals surface area contributed by atoms with Gasteiger partial charge in [-0.25, -0.2) is 0 Å². The van der Waals surface area contributed by atoms with E-state index in [0.29, 0.717) is 24.7 Å². The molecule has 2 atom stereocenters. The van der Waals surface area contributed by atoms with Crippen molar-refractivity contribution in [1.29, 1.82) is 0 Å². The standard InChI is InChI=1S/C28H38ClN3O3/c1-18-16-31(17-19(2)34-18)28(33)27-23-6-4-8-25(23)32(30-27)15-14-21-10-12-22(13-11-21)35-26-9-5-7-24(29)20(26)3/h5,7,9,18-19,21-22H,4,6,8,10-17H2,1-3H3/t18-,19+,21-,22+. The molecule has 190 valence electrons. The van der Waals surface area contributed by atoms with E-state index in [1.165, 1.54) is 24.1 Å². The lowest BCUT2D eigenvalue weighted by Gasteiger charge is -2.35. The van der Waals surface area contributed by atoms with Crippen LogP contribution < -0.4 is 4.74 Å². The summed E-state index contributed by atoms with van der Waals surface area (Å²) < 4.78 is 14.3. The molecule has 1 saturated carbocycles. The summed E-state index contributed by atoms with van der Waals surface area (Å²) in [4.78, 5) is 15.3. The SMILES string of the molecule is Cc1c(Cl)cccc1O[C@H]1CC[C@@H](CCn2nc(C(=O)N3C[C@@H](C)O[C@@H](C)C3)c3c2CCC3)CC1. The number of hydrogen-bond donors (Lipinski definition) is 0. The second-order valence-corrected chi connectivity index (χ2v) is 11.1. The van der Waals surface area contributed by atoms with E-state index < -0.39 is 0 Å². The molecule has 0 bridgehead atoms. The number of fused-ring (bicyclic) bond motifs is 1. The van der Waals surface area contributed by atoms with E-state index in [0.717, 1.165) is 61.4 Å². The van der Waals surface area contributed by atoms with Crippen LogP contribution in [0.2, 0.25) is 5.02 Å². The molecule has 2 aliphatic carbocycles. The lowest BCUT2D eigenvalue weighted by Crippen LogP contribution is -2.48. The number of halogens is 1. The van der Waals surface area contributed by atoms with Crippen molar-refractivity contribution in [3.63, 3.8) is 0 Å². The minimum atomic E-state index is 0.0692. The van der Waals surface area contributed by atoms with Crippen LogP contribution in [0.4, 0.5) is 0 Å². The zero-order valence-electron chi connectivity index (χ0n) is 21.3. The van der Waals surface area contributed by atoms with Crippen molar-refractivity contribution >= 4 is 17.5 Å². The van der Waals surface area contributed by atoms with Crippen molar-refractivity contribution in [3.8, 4) is 5.75 Å². The zero-order valence-corrected chi connectivity index (χ0v) is 22.0. The molecule has 0 N–H and O–H groups in total. The first-order valence-corrected chi connectivity index (χ1v) is 13.7. The summed E-state index contributed by atoms with van der Waals surface area (Å²) in [7, 11) is 0. The average molecular weight is 500 g/mol. The molecule has 0 spiro atoms. The molecule has 0 unspecified atom stereocenters. The van der Waals surface area contributed by atoms with Crippen LogP contribution in [0.25, 0.3) is 0 Å². The zero-order chi connectivity index (χ0) is 24.5. The minimum Gasteiger partial charge on any atom is -0.490 e. The van der Waals surface area contributed by atoms with Gasteiger partial charge in [-0.05, 0) is 90.2 Å². The molecule has 1 aromatic carbocycles. The van der Waals surface area contributed by atoms with Gasteiger partial charge < -0.3 is 14.4 Å². The maximum Gasteiger partial charge on any atom is 0.274 e. The van der Waals surface area contributed by atoms with Gasteiger partial charge in [0.25, 0.3) is 5.91 Å². The first-order chi connectivity index (χ1) is 16.9. The number of carbonyl (C=O) groups is 1. The van der Waals surface area contributed by atoms with E-state index in [9.17, 15) is 4.79 Å². The van der Waals surface area contributed by atoms with Gasteiger partial charge in [0, 0.05) is 41.5 Å².